The normalized spacial score (nSPS) is 10.2. The number of carbonyl (C=O) groups excluding carboxylic acids is 3. The van der Waals surface area contributed by atoms with Crippen LogP contribution in [0.15, 0.2) is 42.5 Å². The van der Waals surface area contributed by atoms with Crippen molar-refractivity contribution in [2.24, 2.45) is 0 Å². The van der Waals surface area contributed by atoms with E-state index >= 15 is 0 Å². The van der Waals surface area contributed by atoms with E-state index in [0.29, 0.717) is 11.1 Å². The summed E-state index contributed by atoms with van der Waals surface area (Å²) < 4.78 is 9.92. The van der Waals surface area contributed by atoms with Crippen molar-refractivity contribution in [3.8, 4) is 0 Å². The second-order valence-corrected chi connectivity index (χ2v) is 5.74. The molecule has 25 heavy (non-hydrogen) atoms. The van der Waals surface area contributed by atoms with Gasteiger partial charge in [-0.2, -0.15) is 0 Å². The van der Waals surface area contributed by atoms with Crippen molar-refractivity contribution in [3.63, 3.8) is 0 Å². The third-order valence-electron chi connectivity index (χ3n) is 3.65. The smallest absolute Gasteiger partial charge is 0.379 e. The molecule has 0 spiro atoms. The van der Waals surface area contributed by atoms with Crippen molar-refractivity contribution < 1.29 is 23.9 Å². The van der Waals surface area contributed by atoms with Crippen LogP contribution in [-0.4, -0.2) is 30.9 Å². The van der Waals surface area contributed by atoms with Crippen LogP contribution in [0.2, 0.25) is 0 Å². The molecule has 0 saturated carbocycles. The standard InChI is InChI=1S/C20H20O5/c1-13-11-14(2)17(15(3)12-13)18(21)20(23)25-10-9-24-19(22)16-7-5-4-6-8-16/h4-8,11-12H,9-10H2,1-3H3. The second kappa shape index (κ2) is 8.24. The molecule has 2 rings (SSSR count). The minimum absolute atomic E-state index is 0.112. The number of hydrogen-bond donors (Lipinski definition) is 0. The van der Waals surface area contributed by atoms with Crippen LogP contribution in [0.5, 0.6) is 0 Å². The summed E-state index contributed by atoms with van der Waals surface area (Å²) in [5.74, 6) is -2.15. The van der Waals surface area contributed by atoms with Crippen LogP contribution in [0.4, 0.5) is 0 Å². The Kier molecular flexibility index (Phi) is 6.06. The largest absolute Gasteiger partial charge is 0.458 e. The van der Waals surface area contributed by atoms with Crippen molar-refractivity contribution in [3.05, 3.63) is 70.3 Å². The SMILES string of the molecule is Cc1cc(C)c(C(=O)C(=O)OCCOC(=O)c2ccccc2)c(C)c1. The summed E-state index contributed by atoms with van der Waals surface area (Å²) in [6.45, 7) is 5.20. The molecule has 0 bridgehead atoms. The van der Waals surface area contributed by atoms with E-state index < -0.39 is 17.7 Å². The van der Waals surface area contributed by atoms with Gasteiger partial charge < -0.3 is 9.47 Å². The van der Waals surface area contributed by atoms with Crippen LogP contribution in [0.1, 0.15) is 37.4 Å². The molecule has 0 radical (unpaired) electrons. The number of esters is 2. The third kappa shape index (κ3) is 4.76. The quantitative estimate of drug-likeness (QED) is 0.350. The summed E-state index contributed by atoms with van der Waals surface area (Å²) in [4.78, 5) is 35.9. The first-order valence-electron chi connectivity index (χ1n) is 7.91. The van der Waals surface area contributed by atoms with Crippen molar-refractivity contribution in [2.45, 2.75) is 20.8 Å². The first-order valence-corrected chi connectivity index (χ1v) is 7.91. The molecule has 2 aromatic carbocycles. The van der Waals surface area contributed by atoms with Gasteiger partial charge in [-0.05, 0) is 44.0 Å². The second-order valence-electron chi connectivity index (χ2n) is 5.74. The number of benzene rings is 2. The first kappa shape index (κ1) is 18.4. The van der Waals surface area contributed by atoms with E-state index in [9.17, 15) is 14.4 Å². The third-order valence-corrected chi connectivity index (χ3v) is 3.65. The van der Waals surface area contributed by atoms with Gasteiger partial charge in [-0.1, -0.05) is 35.9 Å². The molecule has 130 valence electrons. The Morgan fingerprint density at radius 2 is 1.40 bits per heavy atom. The highest BCUT2D eigenvalue weighted by molar-refractivity contribution is 6.41. The van der Waals surface area contributed by atoms with E-state index in [1.54, 1.807) is 44.2 Å². The highest BCUT2D eigenvalue weighted by atomic mass is 16.6. The highest BCUT2D eigenvalue weighted by Gasteiger charge is 2.22. The van der Waals surface area contributed by atoms with E-state index in [1.807, 2.05) is 19.1 Å². The summed E-state index contributed by atoms with van der Waals surface area (Å²) in [7, 11) is 0. The maximum atomic E-state index is 12.3. The summed E-state index contributed by atoms with van der Waals surface area (Å²) in [6.07, 6.45) is 0. The van der Waals surface area contributed by atoms with Gasteiger partial charge in [-0.3, -0.25) is 4.79 Å². The Bertz CT molecular complexity index is 770. The van der Waals surface area contributed by atoms with Gasteiger partial charge in [0.1, 0.15) is 13.2 Å². The van der Waals surface area contributed by atoms with Gasteiger partial charge in [0, 0.05) is 5.56 Å². The summed E-state index contributed by atoms with van der Waals surface area (Å²) in [6, 6.07) is 12.2. The Balaban J connectivity index is 1.86. The zero-order valence-corrected chi connectivity index (χ0v) is 14.5. The van der Waals surface area contributed by atoms with Crippen molar-refractivity contribution in [1.29, 1.82) is 0 Å². The van der Waals surface area contributed by atoms with Crippen LogP contribution in [0, 0.1) is 20.8 Å². The minimum atomic E-state index is -0.953. The Morgan fingerprint density at radius 3 is 2.00 bits per heavy atom. The molecule has 0 atom stereocenters. The Morgan fingerprint density at radius 1 is 0.840 bits per heavy atom. The van der Waals surface area contributed by atoms with E-state index in [4.69, 9.17) is 9.47 Å². The lowest BCUT2D eigenvalue weighted by atomic mass is 9.97. The van der Waals surface area contributed by atoms with Gasteiger partial charge >= 0.3 is 11.9 Å². The van der Waals surface area contributed by atoms with E-state index in [2.05, 4.69) is 0 Å². The fraction of sp³-hybridized carbons (Fsp3) is 0.250. The van der Waals surface area contributed by atoms with Crippen LogP contribution in [-0.2, 0) is 14.3 Å². The van der Waals surface area contributed by atoms with Crippen LogP contribution in [0.3, 0.4) is 0 Å². The molecule has 0 aliphatic heterocycles. The van der Waals surface area contributed by atoms with Crippen molar-refractivity contribution in [1.82, 2.24) is 0 Å². The monoisotopic (exact) mass is 340 g/mol. The molecule has 0 aliphatic rings. The van der Waals surface area contributed by atoms with E-state index in [0.717, 1.165) is 16.7 Å². The Hall–Kier alpha value is -2.95. The fourth-order valence-electron chi connectivity index (χ4n) is 2.63. The molecule has 0 amide bonds. The molecule has 0 fully saturated rings. The lowest BCUT2D eigenvalue weighted by molar-refractivity contribution is -0.139. The molecule has 0 aliphatic carbocycles. The predicted molar refractivity (Wildman–Crippen MR) is 92.7 cm³/mol. The maximum Gasteiger partial charge on any atom is 0.379 e. The van der Waals surface area contributed by atoms with Gasteiger partial charge in [0.25, 0.3) is 5.78 Å². The maximum absolute atomic E-state index is 12.3. The van der Waals surface area contributed by atoms with Gasteiger partial charge in [0.05, 0.1) is 5.56 Å². The molecule has 5 nitrogen and oxygen atoms in total. The molecular formula is C20H20O5. The molecule has 2 aromatic rings. The number of ether oxygens (including phenoxy) is 2. The minimum Gasteiger partial charge on any atom is -0.458 e. The molecule has 0 aromatic heterocycles. The van der Waals surface area contributed by atoms with Gasteiger partial charge in [0.2, 0.25) is 0 Å². The van der Waals surface area contributed by atoms with Crippen molar-refractivity contribution in [2.75, 3.05) is 13.2 Å². The van der Waals surface area contributed by atoms with Crippen molar-refractivity contribution >= 4 is 17.7 Å². The number of Topliss-reactive ketones (excluding diaryl/α,β-unsaturated/α-hetero) is 1. The van der Waals surface area contributed by atoms with Gasteiger partial charge in [-0.25, -0.2) is 9.59 Å². The lowest BCUT2D eigenvalue weighted by Gasteiger charge is -2.10. The molecular weight excluding hydrogens is 320 g/mol. The van der Waals surface area contributed by atoms with Crippen LogP contribution < -0.4 is 0 Å². The number of rotatable bonds is 6. The average molecular weight is 340 g/mol. The van der Waals surface area contributed by atoms with E-state index in [1.165, 1.54) is 0 Å². The number of hydrogen-bond acceptors (Lipinski definition) is 5. The lowest BCUT2D eigenvalue weighted by Crippen LogP contribution is -2.22. The molecule has 0 N–H and O–H groups in total. The fourth-order valence-corrected chi connectivity index (χ4v) is 2.63. The number of ketones is 1. The molecule has 5 heteroatoms. The molecule has 0 unspecified atom stereocenters. The Labute approximate surface area is 146 Å². The average Bonchev–Trinajstić information content (AvgIpc) is 2.58. The molecule has 0 saturated heterocycles. The number of aryl methyl sites for hydroxylation is 3. The van der Waals surface area contributed by atoms with Gasteiger partial charge in [-0.15, -0.1) is 0 Å². The van der Waals surface area contributed by atoms with Crippen LogP contribution >= 0.6 is 0 Å². The van der Waals surface area contributed by atoms with E-state index in [-0.39, 0.29) is 13.2 Å². The van der Waals surface area contributed by atoms with Gasteiger partial charge in [0.15, 0.2) is 0 Å². The molecule has 0 heterocycles. The highest BCUT2D eigenvalue weighted by Crippen LogP contribution is 2.17. The number of carbonyl (C=O) groups is 3. The summed E-state index contributed by atoms with van der Waals surface area (Å²) >= 11 is 0. The summed E-state index contributed by atoms with van der Waals surface area (Å²) in [5.41, 5.74) is 3.25. The first-order chi connectivity index (χ1) is 11.9. The summed E-state index contributed by atoms with van der Waals surface area (Å²) in [5, 5.41) is 0. The topological polar surface area (TPSA) is 69.7 Å². The predicted octanol–water partition coefficient (Wildman–Crippen LogP) is 3.19. The zero-order chi connectivity index (χ0) is 18.4. The zero-order valence-electron chi connectivity index (χ0n) is 14.5. The van der Waals surface area contributed by atoms with Crippen LogP contribution in [0.25, 0.3) is 0 Å².